The van der Waals surface area contributed by atoms with Crippen LogP contribution in [0.5, 0.6) is 11.5 Å². The van der Waals surface area contributed by atoms with E-state index in [9.17, 15) is 19.2 Å². The summed E-state index contributed by atoms with van der Waals surface area (Å²) >= 11 is 6.25. The summed E-state index contributed by atoms with van der Waals surface area (Å²) < 4.78 is 10.5. The lowest BCUT2D eigenvalue weighted by atomic mass is 10.1. The van der Waals surface area contributed by atoms with Crippen LogP contribution in [0.3, 0.4) is 0 Å². The number of carbonyl (C=O) groups excluding carboxylic acids is 4. The molecule has 1 aliphatic rings. The van der Waals surface area contributed by atoms with Crippen LogP contribution in [0.25, 0.3) is 0 Å². The van der Waals surface area contributed by atoms with Crippen molar-refractivity contribution < 1.29 is 28.7 Å². The van der Waals surface area contributed by atoms with Gasteiger partial charge in [0.15, 0.2) is 5.78 Å². The lowest BCUT2D eigenvalue weighted by molar-refractivity contribution is -0.120. The van der Waals surface area contributed by atoms with Gasteiger partial charge in [-0.1, -0.05) is 29.8 Å². The number of anilines is 3. The molecule has 3 aromatic carbocycles. The molecule has 10 heteroatoms. The quantitative estimate of drug-likeness (QED) is 0.330. The first-order valence-corrected chi connectivity index (χ1v) is 11.4. The maximum atomic E-state index is 13.2. The maximum Gasteiger partial charge on any atom is 0.283 e. The highest BCUT2D eigenvalue weighted by Crippen LogP contribution is 2.37. The maximum absolute atomic E-state index is 13.2. The van der Waals surface area contributed by atoms with Crippen LogP contribution in [-0.2, 0) is 9.59 Å². The van der Waals surface area contributed by atoms with E-state index in [0.717, 1.165) is 4.90 Å². The molecule has 0 atom stereocenters. The Balaban J connectivity index is 1.55. The number of halogens is 1. The first-order chi connectivity index (χ1) is 17.7. The summed E-state index contributed by atoms with van der Waals surface area (Å²) in [4.78, 5) is 51.4. The Kier molecular flexibility index (Phi) is 7.26. The Morgan fingerprint density at radius 1 is 0.838 bits per heavy atom. The summed E-state index contributed by atoms with van der Waals surface area (Å²) in [6.07, 6.45) is 0. The number of Topliss-reactive ketones (excluding diaryl/α,β-unsaturated/α-hetero) is 1. The van der Waals surface area contributed by atoms with Gasteiger partial charge in [-0.2, -0.15) is 0 Å². The normalized spacial score (nSPS) is 13.0. The van der Waals surface area contributed by atoms with Gasteiger partial charge < -0.3 is 20.1 Å². The fraction of sp³-hybridized carbons (Fsp3) is 0.111. The van der Waals surface area contributed by atoms with Crippen molar-refractivity contribution in [1.82, 2.24) is 0 Å². The van der Waals surface area contributed by atoms with E-state index < -0.39 is 17.7 Å². The molecule has 0 saturated heterocycles. The highest BCUT2D eigenvalue weighted by atomic mass is 35.5. The highest BCUT2D eigenvalue weighted by molar-refractivity contribution is 6.53. The Labute approximate surface area is 217 Å². The van der Waals surface area contributed by atoms with Gasteiger partial charge in [0.2, 0.25) is 0 Å². The highest BCUT2D eigenvalue weighted by Gasteiger charge is 2.40. The zero-order chi connectivity index (χ0) is 26.7. The number of carbonyl (C=O) groups is 4. The molecule has 0 spiro atoms. The lowest BCUT2D eigenvalue weighted by Crippen LogP contribution is -2.32. The standard InChI is InChI=1S/C27H22ClN3O6/c1-15(32)16-6-4-9-19(12-16)30-25(33)17-7-5-8-18(13-17)29-24-23(28)26(34)31(27(24)35)21-11-10-20(36-2)14-22(21)37-3/h4-14,29H,1-3H3,(H,30,33). The Hall–Kier alpha value is -4.63. The lowest BCUT2D eigenvalue weighted by Gasteiger charge is -2.18. The molecule has 0 fully saturated rings. The van der Waals surface area contributed by atoms with Crippen LogP contribution in [0.4, 0.5) is 17.1 Å². The molecule has 9 nitrogen and oxygen atoms in total. The van der Waals surface area contributed by atoms with Crippen LogP contribution < -0.4 is 25.0 Å². The van der Waals surface area contributed by atoms with Crippen molar-refractivity contribution in [1.29, 1.82) is 0 Å². The van der Waals surface area contributed by atoms with Crippen molar-refractivity contribution in [2.24, 2.45) is 0 Å². The van der Waals surface area contributed by atoms with Crippen molar-refractivity contribution in [2.75, 3.05) is 29.8 Å². The van der Waals surface area contributed by atoms with E-state index in [-0.39, 0.29) is 33.5 Å². The molecule has 37 heavy (non-hydrogen) atoms. The SMILES string of the molecule is COc1ccc(N2C(=O)C(Cl)=C(Nc3cccc(C(=O)Nc4cccc(C(C)=O)c4)c3)C2=O)c(OC)c1. The average molecular weight is 520 g/mol. The molecule has 1 heterocycles. The van der Waals surface area contributed by atoms with E-state index in [4.69, 9.17) is 21.1 Å². The molecule has 0 aromatic heterocycles. The minimum Gasteiger partial charge on any atom is -0.497 e. The fourth-order valence-electron chi connectivity index (χ4n) is 3.70. The van der Waals surface area contributed by atoms with Crippen molar-refractivity contribution >= 4 is 52.2 Å². The van der Waals surface area contributed by atoms with Crippen molar-refractivity contribution in [3.8, 4) is 11.5 Å². The molecule has 0 saturated carbocycles. The Bertz CT molecular complexity index is 1470. The Morgan fingerprint density at radius 2 is 1.51 bits per heavy atom. The third-order valence-electron chi connectivity index (χ3n) is 5.58. The summed E-state index contributed by atoms with van der Waals surface area (Å²) in [6, 6.07) is 17.6. The van der Waals surface area contributed by atoms with Gasteiger partial charge in [-0.15, -0.1) is 0 Å². The summed E-state index contributed by atoms with van der Waals surface area (Å²) in [5, 5.41) is 5.29. The van der Waals surface area contributed by atoms with Gasteiger partial charge in [0.25, 0.3) is 17.7 Å². The summed E-state index contributed by atoms with van der Waals surface area (Å²) in [5.74, 6) is -1.22. The molecule has 0 bridgehead atoms. The smallest absolute Gasteiger partial charge is 0.283 e. The zero-order valence-electron chi connectivity index (χ0n) is 20.1. The summed E-state index contributed by atoms with van der Waals surface area (Å²) in [7, 11) is 2.89. The predicted molar refractivity (Wildman–Crippen MR) is 139 cm³/mol. The third-order valence-corrected chi connectivity index (χ3v) is 5.93. The molecular weight excluding hydrogens is 498 g/mol. The van der Waals surface area contributed by atoms with Gasteiger partial charge in [0.05, 0.1) is 19.9 Å². The molecule has 188 valence electrons. The van der Waals surface area contributed by atoms with Crippen LogP contribution in [-0.4, -0.2) is 37.7 Å². The van der Waals surface area contributed by atoms with Gasteiger partial charge in [-0.05, 0) is 49.4 Å². The number of benzene rings is 3. The first-order valence-electron chi connectivity index (χ1n) is 11.0. The largest absolute Gasteiger partial charge is 0.497 e. The van der Waals surface area contributed by atoms with Crippen LogP contribution in [0.2, 0.25) is 0 Å². The van der Waals surface area contributed by atoms with E-state index in [1.807, 2.05) is 0 Å². The second-order valence-electron chi connectivity index (χ2n) is 7.97. The molecular formula is C27H22ClN3O6. The minimum atomic E-state index is -0.725. The van der Waals surface area contributed by atoms with Crippen molar-refractivity contribution in [3.63, 3.8) is 0 Å². The topological polar surface area (TPSA) is 114 Å². The fourth-order valence-corrected chi connectivity index (χ4v) is 3.91. The number of ether oxygens (including phenoxy) is 2. The molecule has 3 amide bonds. The Morgan fingerprint density at radius 3 is 2.19 bits per heavy atom. The van der Waals surface area contributed by atoms with Crippen LogP contribution in [0.15, 0.2) is 77.5 Å². The second-order valence-corrected chi connectivity index (χ2v) is 8.35. The third kappa shape index (κ3) is 5.17. The van der Waals surface area contributed by atoms with Crippen LogP contribution >= 0.6 is 11.6 Å². The number of methoxy groups -OCH3 is 2. The van der Waals surface area contributed by atoms with E-state index in [1.54, 1.807) is 54.6 Å². The van der Waals surface area contributed by atoms with E-state index in [2.05, 4.69) is 10.6 Å². The first kappa shape index (κ1) is 25.5. The average Bonchev–Trinajstić information content (AvgIpc) is 3.11. The van der Waals surface area contributed by atoms with Gasteiger partial charge >= 0.3 is 0 Å². The zero-order valence-corrected chi connectivity index (χ0v) is 20.9. The number of nitrogens with one attached hydrogen (secondary N) is 2. The molecule has 0 aliphatic carbocycles. The molecule has 1 aliphatic heterocycles. The summed E-state index contributed by atoms with van der Waals surface area (Å²) in [6.45, 7) is 1.44. The van der Waals surface area contributed by atoms with Crippen molar-refractivity contribution in [2.45, 2.75) is 6.92 Å². The molecule has 2 N–H and O–H groups in total. The van der Waals surface area contributed by atoms with E-state index in [1.165, 1.54) is 33.3 Å². The monoisotopic (exact) mass is 519 g/mol. The predicted octanol–water partition coefficient (Wildman–Crippen LogP) is 4.59. The number of rotatable bonds is 8. The second kappa shape index (κ2) is 10.5. The number of hydrogen-bond acceptors (Lipinski definition) is 7. The van der Waals surface area contributed by atoms with Gasteiger partial charge in [-0.25, -0.2) is 4.90 Å². The number of nitrogens with zero attached hydrogens (tertiary/aromatic N) is 1. The minimum absolute atomic E-state index is 0.121. The molecule has 3 aromatic rings. The number of imide groups is 1. The van der Waals surface area contributed by atoms with Crippen LogP contribution in [0, 0.1) is 0 Å². The number of ketones is 1. The number of hydrogen-bond donors (Lipinski definition) is 2. The molecule has 4 rings (SSSR count). The van der Waals surface area contributed by atoms with E-state index >= 15 is 0 Å². The van der Waals surface area contributed by atoms with Crippen LogP contribution in [0.1, 0.15) is 27.6 Å². The summed E-state index contributed by atoms with van der Waals surface area (Å²) in [5.41, 5.74) is 1.63. The van der Waals surface area contributed by atoms with Crippen molar-refractivity contribution in [3.05, 3.63) is 88.6 Å². The molecule has 0 unspecified atom stereocenters. The van der Waals surface area contributed by atoms with E-state index in [0.29, 0.717) is 22.7 Å². The van der Waals surface area contributed by atoms with Gasteiger partial charge in [0, 0.05) is 28.6 Å². The molecule has 0 radical (unpaired) electrons. The van der Waals surface area contributed by atoms with Gasteiger partial charge in [-0.3, -0.25) is 19.2 Å². The van der Waals surface area contributed by atoms with Gasteiger partial charge in [0.1, 0.15) is 22.2 Å². The number of amides is 3.